The molecule has 1 aliphatic heterocycles. The first-order chi connectivity index (χ1) is 15.6. The molecule has 0 bridgehead atoms. The van der Waals surface area contributed by atoms with Crippen LogP contribution < -0.4 is 9.50 Å². The molecule has 1 atom stereocenters. The Labute approximate surface area is 195 Å². The SMILES string of the molecule is CCC[C@@H]1S/C(=N\N=C/c2cc(C)ccc2OS(=O)(=O)c2ccc(C)c([N+](=O)[O-])c2)NC1=O. The molecule has 0 unspecified atom stereocenters. The number of aryl methyl sites for hydroxylation is 2. The summed E-state index contributed by atoms with van der Waals surface area (Å²) in [6.45, 7) is 5.32. The van der Waals surface area contributed by atoms with E-state index in [1.165, 1.54) is 43.1 Å². The van der Waals surface area contributed by atoms with Crippen LogP contribution in [0.15, 0.2) is 51.5 Å². The van der Waals surface area contributed by atoms with Crippen molar-refractivity contribution in [2.75, 3.05) is 0 Å². The highest BCUT2D eigenvalue weighted by Gasteiger charge is 2.29. The Morgan fingerprint density at radius 1 is 1.24 bits per heavy atom. The van der Waals surface area contributed by atoms with E-state index in [4.69, 9.17) is 4.18 Å². The molecular formula is C21H22N4O6S2. The maximum Gasteiger partial charge on any atom is 0.339 e. The second-order valence-electron chi connectivity index (χ2n) is 7.32. The summed E-state index contributed by atoms with van der Waals surface area (Å²) >= 11 is 1.29. The first kappa shape index (κ1) is 24.4. The maximum absolute atomic E-state index is 12.8. The number of amidine groups is 1. The fourth-order valence-corrected chi connectivity index (χ4v) is 5.02. The van der Waals surface area contributed by atoms with Gasteiger partial charge >= 0.3 is 10.1 Å². The number of nitrogens with zero attached hydrogens (tertiary/aromatic N) is 3. The molecule has 0 saturated carbocycles. The quantitative estimate of drug-likeness (QED) is 0.257. The molecule has 0 aliphatic carbocycles. The van der Waals surface area contributed by atoms with Crippen molar-refractivity contribution in [3.05, 3.63) is 63.2 Å². The van der Waals surface area contributed by atoms with Crippen molar-refractivity contribution < 1.29 is 22.3 Å². The van der Waals surface area contributed by atoms with Gasteiger partial charge in [0.05, 0.1) is 16.4 Å². The van der Waals surface area contributed by atoms with Crippen LogP contribution in [-0.4, -0.2) is 35.9 Å². The zero-order valence-corrected chi connectivity index (χ0v) is 19.8. The Morgan fingerprint density at radius 2 is 2.00 bits per heavy atom. The third-order valence-electron chi connectivity index (χ3n) is 4.70. The molecule has 12 heteroatoms. The standard InChI is InChI=1S/C21H22N4O6S2/c1-4-5-19-20(26)23-21(32-19)24-22-12-15-10-13(2)6-9-18(15)31-33(29,30)16-8-7-14(3)17(11-16)25(27)28/h6-12,19H,4-5H2,1-3H3,(H,23,24,26)/b22-12-/t19-/m0/s1. The topological polar surface area (TPSA) is 140 Å². The Hall–Kier alpha value is -3.25. The third-order valence-corrected chi connectivity index (χ3v) is 7.07. The predicted molar refractivity (Wildman–Crippen MR) is 126 cm³/mol. The number of amides is 1. The van der Waals surface area contributed by atoms with Gasteiger partial charge in [-0.1, -0.05) is 42.8 Å². The van der Waals surface area contributed by atoms with Crippen LogP contribution >= 0.6 is 11.8 Å². The highest BCUT2D eigenvalue weighted by molar-refractivity contribution is 8.15. The van der Waals surface area contributed by atoms with E-state index < -0.39 is 15.0 Å². The molecule has 1 amide bonds. The number of carbonyl (C=O) groups is 1. The van der Waals surface area contributed by atoms with Gasteiger partial charge in [-0.05, 0) is 38.5 Å². The summed E-state index contributed by atoms with van der Waals surface area (Å²) in [5.41, 5.74) is 1.17. The molecule has 1 saturated heterocycles. The molecular weight excluding hydrogens is 468 g/mol. The summed E-state index contributed by atoms with van der Waals surface area (Å²) in [5.74, 6) is -0.131. The number of hydrogen-bond acceptors (Lipinski definition) is 9. The number of thioether (sulfide) groups is 1. The van der Waals surface area contributed by atoms with Crippen molar-refractivity contribution in [3.63, 3.8) is 0 Å². The van der Waals surface area contributed by atoms with E-state index in [1.807, 2.05) is 13.8 Å². The van der Waals surface area contributed by atoms with Crippen molar-refractivity contribution in [1.82, 2.24) is 5.32 Å². The highest BCUT2D eigenvalue weighted by Crippen LogP contribution is 2.27. The Morgan fingerprint density at radius 3 is 2.70 bits per heavy atom. The fourth-order valence-electron chi connectivity index (χ4n) is 3.00. The van der Waals surface area contributed by atoms with Gasteiger partial charge in [0.2, 0.25) is 5.91 Å². The minimum Gasteiger partial charge on any atom is -0.378 e. The summed E-state index contributed by atoms with van der Waals surface area (Å²) < 4.78 is 30.8. The predicted octanol–water partition coefficient (Wildman–Crippen LogP) is 3.70. The van der Waals surface area contributed by atoms with E-state index in [1.54, 1.807) is 12.1 Å². The number of hydrogen-bond donors (Lipinski definition) is 1. The molecule has 2 aromatic carbocycles. The lowest BCUT2D eigenvalue weighted by molar-refractivity contribution is -0.385. The van der Waals surface area contributed by atoms with Gasteiger partial charge in [0.25, 0.3) is 5.69 Å². The molecule has 0 spiro atoms. The Balaban J connectivity index is 1.85. The van der Waals surface area contributed by atoms with Crippen LogP contribution in [0.4, 0.5) is 5.69 Å². The largest absolute Gasteiger partial charge is 0.378 e. The van der Waals surface area contributed by atoms with Gasteiger partial charge in [-0.25, -0.2) is 0 Å². The summed E-state index contributed by atoms with van der Waals surface area (Å²) in [5, 5.41) is 22.0. The molecule has 1 N–H and O–H groups in total. The highest BCUT2D eigenvalue weighted by atomic mass is 32.2. The number of carbonyl (C=O) groups excluding carboxylic acids is 1. The van der Waals surface area contributed by atoms with Crippen LogP contribution in [0.25, 0.3) is 0 Å². The third kappa shape index (κ3) is 5.96. The van der Waals surface area contributed by atoms with E-state index in [-0.39, 0.29) is 27.5 Å². The van der Waals surface area contributed by atoms with Gasteiger partial charge in [0, 0.05) is 17.2 Å². The van der Waals surface area contributed by atoms with E-state index >= 15 is 0 Å². The van der Waals surface area contributed by atoms with Gasteiger partial charge in [-0.2, -0.15) is 13.5 Å². The van der Waals surface area contributed by atoms with Crippen LogP contribution in [0.3, 0.4) is 0 Å². The molecule has 2 aromatic rings. The lowest BCUT2D eigenvalue weighted by Gasteiger charge is -2.10. The van der Waals surface area contributed by atoms with E-state index in [0.29, 0.717) is 16.3 Å². The lowest BCUT2D eigenvalue weighted by Crippen LogP contribution is -2.24. The summed E-state index contributed by atoms with van der Waals surface area (Å²) in [7, 11) is -4.35. The van der Waals surface area contributed by atoms with Crippen molar-refractivity contribution in [1.29, 1.82) is 0 Å². The smallest absolute Gasteiger partial charge is 0.339 e. The second-order valence-corrected chi connectivity index (χ2v) is 10.1. The van der Waals surface area contributed by atoms with Crippen LogP contribution in [0.1, 0.15) is 36.5 Å². The van der Waals surface area contributed by atoms with Gasteiger partial charge in [-0.15, -0.1) is 5.10 Å². The number of nitro groups is 1. The summed E-state index contributed by atoms with van der Waals surface area (Å²) in [4.78, 5) is 22.1. The van der Waals surface area contributed by atoms with Crippen LogP contribution in [0.5, 0.6) is 5.75 Å². The molecule has 0 aromatic heterocycles. The lowest BCUT2D eigenvalue weighted by atomic mass is 10.1. The maximum atomic E-state index is 12.8. The summed E-state index contributed by atoms with van der Waals surface area (Å²) in [6.07, 6.45) is 2.91. The normalized spacial score (nSPS) is 17.5. The minimum absolute atomic E-state index is 0.0141. The molecule has 1 heterocycles. The molecule has 1 fully saturated rings. The molecule has 1 aliphatic rings. The number of benzene rings is 2. The Kier molecular flexibility index (Phi) is 7.49. The fraction of sp³-hybridized carbons (Fsp3) is 0.286. The van der Waals surface area contributed by atoms with Crippen LogP contribution in [0.2, 0.25) is 0 Å². The Bertz CT molecular complexity index is 1260. The summed E-state index contributed by atoms with van der Waals surface area (Å²) in [6, 6.07) is 8.35. The van der Waals surface area contributed by atoms with Gasteiger partial charge < -0.3 is 9.50 Å². The first-order valence-electron chi connectivity index (χ1n) is 9.99. The van der Waals surface area contributed by atoms with Gasteiger partial charge in [0.15, 0.2) is 10.9 Å². The molecule has 0 radical (unpaired) electrons. The monoisotopic (exact) mass is 490 g/mol. The molecule has 174 valence electrons. The van der Waals surface area contributed by atoms with Gasteiger partial charge in [-0.3, -0.25) is 14.9 Å². The second kappa shape index (κ2) is 10.1. The zero-order valence-electron chi connectivity index (χ0n) is 18.1. The van der Waals surface area contributed by atoms with E-state index in [2.05, 4.69) is 15.5 Å². The van der Waals surface area contributed by atoms with Crippen LogP contribution in [-0.2, 0) is 14.9 Å². The zero-order chi connectivity index (χ0) is 24.2. The average molecular weight is 491 g/mol. The van der Waals surface area contributed by atoms with Crippen molar-refractivity contribution in [2.24, 2.45) is 10.2 Å². The molecule has 33 heavy (non-hydrogen) atoms. The number of nitro benzene ring substituents is 1. The van der Waals surface area contributed by atoms with E-state index in [9.17, 15) is 23.3 Å². The van der Waals surface area contributed by atoms with Crippen LogP contribution in [0, 0.1) is 24.0 Å². The molecule has 3 rings (SSSR count). The van der Waals surface area contributed by atoms with Crippen molar-refractivity contribution >= 4 is 44.9 Å². The van der Waals surface area contributed by atoms with Crippen molar-refractivity contribution in [2.45, 2.75) is 43.8 Å². The molecule has 10 nitrogen and oxygen atoms in total. The minimum atomic E-state index is -4.35. The van der Waals surface area contributed by atoms with Gasteiger partial charge in [0.1, 0.15) is 4.90 Å². The average Bonchev–Trinajstić information content (AvgIpc) is 3.09. The number of rotatable bonds is 8. The van der Waals surface area contributed by atoms with E-state index in [0.717, 1.165) is 24.5 Å². The first-order valence-corrected chi connectivity index (χ1v) is 12.3. The van der Waals surface area contributed by atoms with Crippen molar-refractivity contribution in [3.8, 4) is 5.75 Å². The number of nitrogens with one attached hydrogen (secondary N) is 1.